The standard InChI is InChI=1S/C21H17FN4O/c22-18-6-2-1-5-17(18)14-24-21(27)16-7-8-19(26-12-9-23-15-26)20(13-16)25-10-3-4-11-25/h1-13,15H,14H2,(H,24,27). The molecule has 0 saturated heterocycles. The zero-order valence-electron chi connectivity index (χ0n) is 14.4. The van der Waals surface area contributed by atoms with Crippen LogP contribution in [0.25, 0.3) is 11.4 Å². The van der Waals surface area contributed by atoms with E-state index < -0.39 is 0 Å². The first-order chi connectivity index (χ1) is 13.2. The van der Waals surface area contributed by atoms with E-state index >= 15 is 0 Å². The summed E-state index contributed by atoms with van der Waals surface area (Å²) in [5.41, 5.74) is 2.69. The summed E-state index contributed by atoms with van der Waals surface area (Å²) in [6, 6.07) is 15.7. The van der Waals surface area contributed by atoms with E-state index in [1.54, 1.807) is 36.8 Å². The van der Waals surface area contributed by atoms with Gasteiger partial charge < -0.3 is 14.5 Å². The van der Waals surface area contributed by atoms with Crippen LogP contribution in [0.2, 0.25) is 0 Å². The molecule has 4 rings (SSSR count). The van der Waals surface area contributed by atoms with Gasteiger partial charge in [0.05, 0.1) is 17.7 Å². The van der Waals surface area contributed by atoms with Crippen molar-refractivity contribution in [3.63, 3.8) is 0 Å². The van der Waals surface area contributed by atoms with Crippen LogP contribution in [0.3, 0.4) is 0 Å². The Labute approximate surface area is 155 Å². The molecule has 2 aromatic carbocycles. The van der Waals surface area contributed by atoms with Crippen LogP contribution in [0.15, 0.2) is 85.7 Å². The van der Waals surface area contributed by atoms with Gasteiger partial charge in [0.15, 0.2) is 0 Å². The van der Waals surface area contributed by atoms with Gasteiger partial charge in [-0.3, -0.25) is 4.79 Å². The molecule has 0 aliphatic heterocycles. The van der Waals surface area contributed by atoms with E-state index in [0.29, 0.717) is 11.1 Å². The number of hydrogen-bond acceptors (Lipinski definition) is 2. The molecule has 5 nitrogen and oxygen atoms in total. The zero-order chi connectivity index (χ0) is 18.6. The first-order valence-corrected chi connectivity index (χ1v) is 8.50. The number of amides is 1. The lowest BCUT2D eigenvalue weighted by atomic mass is 10.1. The molecule has 0 aliphatic rings. The van der Waals surface area contributed by atoms with Gasteiger partial charge in [-0.25, -0.2) is 9.37 Å². The van der Waals surface area contributed by atoms with Crippen molar-refractivity contribution in [1.29, 1.82) is 0 Å². The number of nitrogens with zero attached hydrogens (tertiary/aromatic N) is 3. The number of halogens is 1. The summed E-state index contributed by atoms with van der Waals surface area (Å²) in [4.78, 5) is 16.7. The molecule has 2 aromatic heterocycles. The molecule has 6 heteroatoms. The third-order valence-electron chi connectivity index (χ3n) is 4.30. The largest absolute Gasteiger partial charge is 0.348 e. The summed E-state index contributed by atoms with van der Waals surface area (Å²) in [7, 11) is 0. The number of nitrogens with one attached hydrogen (secondary N) is 1. The summed E-state index contributed by atoms with van der Waals surface area (Å²) >= 11 is 0. The molecule has 0 radical (unpaired) electrons. The molecule has 27 heavy (non-hydrogen) atoms. The van der Waals surface area contributed by atoms with E-state index in [4.69, 9.17) is 0 Å². The van der Waals surface area contributed by atoms with Gasteiger partial charge in [-0.2, -0.15) is 0 Å². The highest BCUT2D eigenvalue weighted by molar-refractivity contribution is 5.95. The lowest BCUT2D eigenvalue weighted by Crippen LogP contribution is -2.23. The molecule has 0 saturated carbocycles. The minimum absolute atomic E-state index is 0.133. The third kappa shape index (κ3) is 3.50. The fourth-order valence-electron chi connectivity index (χ4n) is 2.91. The molecule has 0 unspecified atom stereocenters. The third-order valence-corrected chi connectivity index (χ3v) is 4.30. The smallest absolute Gasteiger partial charge is 0.251 e. The van der Waals surface area contributed by atoms with E-state index in [2.05, 4.69) is 10.3 Å². The Bertz CT molecular complexity index is 1060. The Morgan fingerprint density at radius 3 is 2.52 bits per heavy atom. The van der Waals surface area contributed by atoms with E-state index in [1.807, 2.05) is 52.0 Å². The van der Waals surface area contributed by atoms with Crippen LogP contribution >= 0.6 is 0 Å². The molecule has 0 aliphatic carbocycles. The van der Waals surface area contributed by atoms with E-state index in [9.17, 15) is 9.18 Å². The number of rotatable bonds is 5. The van der Waals surface area contributed by atoms with Crippen LogP contribution in [-0.2, 0) is 6.54 Å². The normalized spacial score (nSPS) is 10.7. The number of hydrogen-bond donors (Lipinski definition) is 1. The molecule has 0 spiro atoms. The molecule has 0 atom stereocenters. The van der Waals surface area contributed by atoms with Crippen molar-refractivity contribution in [2.75, 3.05) is 0 Å². The number of aromatic nitrogens is 3. The Balaban J connectivity index is 1.63. The van der Waals surface area contributed by atoms with Crippen LogP contribution in [0.5, 0.6) is 0 Å². The van der Waals surface area contributed by atoms with E-state index in [0.717, 1.165) is 11.4 Å². The summed E-state index contributed by atoms with van der Waals surface area (Å²) in [5, 5.41) is 2.78. The van der Waals surface area contributed by atoms with Crippen molar-refractivity contribution in [1.82, 2.24) is 19.4 Å². The molecule has 0 fully saturated rings. The fourth-order valence-corrected chi connectivity index (χ4v) is 2.91. The minimum atomic E-state index is -0.332. The highest BCUT2D eigenvalue weighted by Gasteiger charge is 2.12. The van der Waals surface area contributed by atoms with Gasteiger partial charge in [0.2, 0.25) is 0 Å². The maximum atomic E-state index is 13.7. The summed E-state index contributed by atoms with van der Waals surface area (Å²) < 4.78 is 17.6. The van der Waals surface area contributed by atoms with Crippen LogP contribution in [0.4, 0.5) is 4.39 Å². The topological polar surface area (TPSA) is 51.9 Å². The summed E-state index contributed by atoms with van der Waals surface area (Å²) in [6.45, 7) is 0.133. The van der Waals surface area contributed by atoms with Crippen LogP contribution < -0.4 is 5.32 Å². The lowest BCUT2D eigenvalue weighted by Gasteiger charge is -2.14. The van der Waals surface area contributed by atoms with Gasteiger partial charge in [-0.1, -0.05) is 18.2 Å². The number of imidazole rings is 1. The molecule has 134 valence electrons. The van der Waals surface area contributed by atoms with Crippen molar-refractivity contribution in [2.45, 2.75) is 6.54 Å². The first-order valence-electron chi connectivity index (χ1n) is 8.50. The maximum absolute atomic E-state index is 13.7. The minimum Gasteiger partial charge on any atom is -0.348 e. The van der Waals surface area contributed by atoms with Gasteiger partial charge in [0.1, 0.15) is 5.82 Å². The second-order valence-corrected chi connectivity index (χ2v) is 6.04. The van der Waals surface area contributed by atoms with Gasteiger partial charge in [-0.05, 0) is 36.4 Å². The van der Waals surface area contributed by atoms with Gasteiger partial charge in [0, 0.05) is 42.5 Å². The Hall–Kier alpha value is -3.67. The maximum Gasteiger partial charge on any atom is 0.251 e. The second kappa shape index (κ2) is 7.29. The predicted octanol–water partition coefficient (Wildman–Crippen LogP) is 3.73. The van der Waals surface area contributed by atoms with E-state index in [1.165, 1.54) is 6.07 Å². The average Bonchev–Trinajstić information content (AvgIpc) is 3.40. The first kappa shape index (κ1) is 16.8. The molecule has 1 amide bonds. The van der Waals surface area contributed by atoms with Gasteiger partial charge in [0.25, 0.3) is 5.91 Å². The molecular weight excluding hydrogens is 343 g/mol. The monoisotopic (exact) mass is 360 g/mol. The van der Waals surface area contributed by atoms with Crippen LogP contribution in [0, 0.1) is 5.82 Å². The molecule has 1 N–H and O–H groups in total. The van der Waals surface area contributed by atoms with Crippen LogP contribution in [0.1, 0.15) is 15.9 Å². The van der Waals surface area contributed by atoms with Crippen molar-refractivity contribution in [3.8, 4) is 11.4 Å². The van der Waals surface area contributed by atoms with Crippen LogP contribution in [-0.4, -0.2) is 20.0 Å². The summed E-state index contributed by atoms with van der Waals surface area (Å²) in [6.07, 6.45) is 9.09. The fraction of sp³-hybridized carbons (Fsp3) is 0.0476. The molecular formula is C21H17FN4O. The van der Waals surface area contributed by atoms with Crippen molar-refractivity contribution in [2.24, 2.45) is 0 Å². The number of carbonyl (C=O) groups excluding carboxylic acids is 1. The number of benzene rings is 2. The Kier molecular flexibility index (Phi) is 4.53. The molecule has 4 aromatic rings. The van der Waals surface area contributed by atoms with Gasteiger partial charge >= 0.3 is 0 Å². The van der Waals surface area contributed by atoms with E-state index in [-0.39, 0.29) is 18.3 Å². The SMILES string of the molecule is O=C(NCc1ccccc1F)c1ccc(-n2ccnc2)c(-n2cccc2)c1. The zero-order valence-corrected chi connectivity index (χ0v) is 14.4. The lowest BCUT2D eigenvalue weighted by molar-refractivity contribution is 0.0950. The predicted molar refractivity (Wildman–Crippen MR) is 100 cm³/mol. The van der Waals surface area contributed by atoms with Gasteiger partial charge in [-0.15, -0.1) is 0 Å². The summed E-state index contributed by atoms with van der Waals surface area (Å²) in [5.74, 6) is -0.592. The van der Waals surface area contributed by atoms with Crippen molar-refractivity contribution < 1.29 is 9.18 Å². The second-order valence-electron chi connectivity index (χ2n) is 6.04. The average molecular weight is 360 g/mol. The highest BCUT2D eigenvalue weighted by atomic mass is 19.1. The Morgan fingerprint density at radius 2 is 1.78 bits per heavy atom. The molecule has 2 heterocycles. The molecule has 0 bridgehead atoms. The highest BCUT2D eigenvalue weighted by Crippen LogP contribution is 2.21. The quantitative estimate of drug-likeness (QED) is 0.590. The number of carbonyl (C=O) groups is 1. The van der Waals surface area contributed by atoms with Crippen molar-refractivity contribution in [3.05, 3.63) is 103 Å². The Morgan fingerprint density at radius 1 is 0.963 bits per heavy atom. The van der Waals surface area contributed by atoms with Crippen molar-refractivity contribution >= 4 is 5.91 Å².